The summed E-state index contributed by atoms with van der Waals surface area (Å²) in [6.45, 7) is 4.04. The molecule has 3 rings (SSSR count). The van der Waals surface area contributed by atoms with Crippen LogP contribution in [0.1, 0.15) is 4.88 Å². The Hall–Kier alpha value is -1.70. The third-order valence-corrected chi connectivity index (χ3v) is 4.86. The first-order valence-corrected chi connectivity index (χ1v) is 8.14. The van der Waals surface area contributed by atoms with Gasteiger partial charge >= 0.3 is 5.69 Å². The van der Waals surface area contributed by atoms with Gasteiger partial charge in [0.1, 0.15) is 0 Å². The summed E-state index contributed by atoms with van der Waals surface area (Å²) in [5, 5.41) is 11.1. The number of aromatic nitrogens is 1. The van der Waals surface area contributed by atoms with Crippen LogP contribution in [0.4, 0.5) is 11.5 Å². The maximum Gasteiger partial charge on any atom is 0.311 e. The summed E-state index contributed by atoms with van der Waals surface area (Å²) in [5.74, 6) is 0.464. The lowest BCUT2D eigenvalue weighted by Crippen LogP contribution is -2.46. The normalized spacial score (nSPS) is 16.0. The molecule has 3 heterocycles. The lowest BCUT2D eigenvalue weighted by atomic mass is 10.2. The molecule has 0 amide bonds. The van der Waals surface area contributed by atoms with Crippen LogP contribution in [0.25, 0.3) is 0 Å². The number of halogens is 1. The monoisotopic (exact) mass is 338 g/mol. The van der Waals surface area contributed by atoms with Gasteiger partial charge in [-0.25, -0.2) is 4.98 Å². The Morgan fingerprint density at radius 2 is 2.05 bits per heavy atom. The van der Waals surface area contributed by atoms with E-state index in [-0.39, 0.29) is 10.6 Å². The first-order valence-electron chi connectivity index (χ1n) is 6.94. The number of anilines is 1. The van der Waals surface area contributed by atoms with E-state index in [2.05, 4.69) is 9.88 Å². The number of rotatable bonds is 4. The van der Waals surface area contributed by atoms with E-state index in [1.807, 2.05) is 17.0 Å². The van der Waals surface area contributed by atoms with Gasteiger partial charge in [-0.15, -0.1) is 11.3 Å². The second kappa shape index (κ2) is 6.60. The van der Waals surface area contributed by atoms with Gasteiger partial charge in [0.25, 0.3) is 0 Å². The van der Waals surface area contributed by atoms with Gasteiger partial charge in [0, 0.05) is 49.9 Å². The zero-order valence-corrected chi connectivity index (χ0v) is 13.4. The van der Waals surface area contributed by atoms with Crippen molar-refractivity contribution in [3.05, 3.63) is 49.8 Å². The van der Waals surface area contributed by atoms with Crippen molar-refractivity contribution in [3.63, 3.8) is 0 Å². The molecule has 6 nitrogen and oxygen atoms in total. The van der Waals surface area contributed by atoms with Gasteiger partial charge in [-0.3, -0.25) is 15.0 Å². The summed E-state index contributed by atoms with van der Waals surface area (Å²) in [4.78, 5) is 20.5. The van der Waals surface area contributed by atoms with Gasteiger partial charge in [0.05, 0.1) is 9.26 Å². The standard InChI is InChI=1S/C14H15ClN4O2S/c15-13-4-3-11(22-13)10-17-6-8-18(9-7-17)14-12(19(20)21)2-1-5-16-14/h1-5H,6-10H2. The SMILES string of the molecule is O=[N+]([O-])c1cccnc1N1CCN(Cc2ccc(Cl)s2)CC1. The van der Waals surface area contributed by atoms with Crippen LogP contribution in [0.5, 0.6) is 0 Å². The summed E-state index contributed by atoms with van der Waals surface area (Å²) in [5.41, 5.74) is 0.0704. The number of hydrogen-bond acceptors (Lipinski definition) is 6. The smallest absolute Gasteiger partial charge is 0.311 e. The molecule has 1 fully saturated rings. The first kappa shape index (κ1) is 15.2. The lowest BCUT2D eigenvalue weighted by Gasteiger charge is -2.34. The van der Waals surface area contributed by atoms with Crippen molar-refractivity contribution in [2.24, 2.45) is 0 Å². The average Bonchev–Trinajstić information content (AvgIpc) is 2.93. The van der Waals surface area contributed by atoms with Crippen LogP contribution < -0.4 is 4.90 Å². The van der Waals surface area contributed by atoms with Crippen LogP contribution in [-0.2, 0) is 6.54 Å². The Balaban J connectivity index is 1.63. The minimum Gasteiger partial charge on any atom is -0.348 e. The second-order valence-electron chi connectivity index (χ2n) is 5.07. The van der Waals surface area contributed by atoms with Gasteiger partial charge in [-0.2, -0.15) is 0 Å². The van der Waals surface area contributed by atoms with Crippen molar-refractivity contribution in [1.29, 1.82) is 0 Å². The van der Waals surface area contributed by atoms with E-state index >= 15 is 0 Å². The van der Waals surface area contributed by atoms with E-state index in [9.17, 15) is 10.1 Å². The molecule has 0 aliphatic carbocycles. The molecule has 0 bridgehead atoms. The van der Waals surface area contributed by atoms with Gasteiger partial charge in [-0.1, -0.05) is 11.6 Å². The molecule has 2 aromatic rings. The van der Waals surface area contributed by atoms with E-state index in [0.29, 0.717) is 5.82 Å². The Morgan fingerprint density at radius 1 is 1.27 bits per heavy atom. The molecule has 0 N–H and O–H groups in total. The minimum absolute atomic E-state index is 0.0704. The zero-order valence-electron chi connectivity index (χ0n) is 11.8. The highest BCUT2D eigenvalue weighted by Crippen LogP contribution is 2.27. The van der Waals surface area contributed by atoms with Crippen molar-refractivity contribution in [2.75, 3.05) is 31.1 Å². The van der Waals surface area contributed by atoms with Crippen molar-refractivity contribution < 1.29 is 4.92 Å². The molecule has 2 aromatic heterocycles. The molecule has 0 unspecified atom stereocenters. The molecular formula is C14H15ClN4O2S. The highest BCUT2D eigenvalue weighted by molar-refractivity contribution is 7.16. The molecule has 0 saturated carbocycles. The summed E-state index contributed by atoms with van der Waals surface area (Å²) in [6.07, 6.45) is 1.60. The quantitative estimate of drug-likeness (QED) is 0.633. The second-order valence-corrected chi connectivity index (χ2v) is 6.87. The predicted octanol–water partition coefficient (Wildman–Crippen LogP) is 3.03. The molecule has 1 saturated heterocycles. The molecule has 0 spiro atoms. The molecule has 0 aromatic carbocycles. The fourth-order valence-electron chi connectivity index (χ4n) is 2.55. The van der Waals surface area contributed by atoms with Crippen LogP contribution in [-0.4, -0.2) is 41.0 Å². The third kappa shape index (κ3) is 3.37. The van der Waals surface area contributed by atoms with E-state index in [4.69, 9.17) is 11.6 Å². The Kier molecular flexibility index (Phi) is 4.56. The molecular weight excluding hydrogens is 324 g/mol. The molecule has 0 atom stereocenters. The molecule has 0 radical (unpaired) electrons. The molecule has 116 valence electrons. The average molecular weight is 339 g/mol. The number of piperazine rings is 1. The van der Waals surface area contributed by atoms with Crippen molar-refractivity contribution in [1.82, 2.24) is 9.88 Å². The Bertz CT molecular complexity index is 670. The van der Waals surface area contributed by atoms with Gasteiger partial charge in [-0.05, 0) is 18.2 Å². The van der Waals surface area contributed by atoms with Gasteiger partial charge < -0.3 is 4.90 Å². The number of nitrogens with zero attached hydrogens (tertiary/aromatic N) is 4. The van der Waals surface area contributed by atoms with Crippen molar-refractivity contribution >= 4 is 34.4 Å². The van der Waals surface area contributed by atoms with Crippen molar-refractivity contribution in [2.45, 2.75) is 6.54 Å². The highest BCUT2D eigenvalue weighted by atomic mass is 35.5. The largest absolute Gasteiger partial charge is 0.348 e. The van der Waals surface area contributed by atoms with Crippen LogP contribution in [0.15, 0.2) is 30.5 Å². The third-order valence-electron chi connectivity index (χ3n) is 3.64. The fourth-order valence-corrected chi connectivity index (χ4v) is 3.68. The van der Waals surface area contributed by atoms with Crippen LogP contribution in [0, 0.1) is 10.1 Å². The number of pyridine rings is 1. The van der Waals surface area contributed by atoms with Gasteiger partial charge in [0.15, 0.2) is 0 Å². The van der Waals surface area contributed by atoms with E-state index in [1.165, 1.54) is 10.9 Å². The highest BCUT2D eigenvalue weighted by Gasteiger charge is 2.24. The van der Waals surface area contributed by atoms with E-state index in [0.717, 1.165) is 37.1 Å². The molecule has 1 aliphatic rings. The fraction of sp³-hybridized carbons (Fsp3) is 0.357. The number of nitro groups is 1. The molecule has 1 aliphatic heterocycles. The maximum atomic E-state index is 11.1. The Labute approximate surface area is 137 Å². The topological polar surface area (TPSA) is 62.5 Å². The zero-order chi connectivity index (χ0) is 15.5. The predicted molar refractivity (Wildman–Crippen MR) is 87.7 cm³/mol. The summed E-state index contributed by atoms with van der Waals surface area (Å²) < 4.78 is 0.803. The van der Waals surface area contributed by atoms with Crippen LogP contribution in [0.3, 0.4) is 0 Å². The molecule has 22 heavy (non-hydrogen) atoms. The molecule has 8 heteroatoms. The van der Waals surface area contributed by atoms with Crippen LogP contribution >= 0.6 is 22.9 Å². The minimum atomic E-state index is -0.373. The maximum absolute atomic E-state index is 11.1. The van der Waals surface area contributed by atoms with Crippen molar-refractivity contribution in [3.8, 4) is 0 Å². The van der Waals surface area contributed by atoms with E-state index in [1.54, 1.807) is 23.6 Å². The number of hydrogen-bond donors (Lipinski definition) is 0. The van der Waals surface area contributed by atoms with E-state index < -0.39 is 0 Å². The summed E-state index contributed by atoms with van der Waals surface area (Å²) in [7, 11) is 0. The van der Waals surface area contributed by atoms with Crippen LogP contribution in [0.2, 0.25) is 4.34 Å². The lowest BCUT2D eigenvalue weighted by molar-refractivity contribution is -0.384. The summed E-state index contributed by atoms with van der Waals surface area (Å²) >= 11 is 7.54. The Morgan fingerprint density at radius 3 is 2.68 bits per heavy atom. The number of thiophene rings is 1. The first-order chi connectivity index (χ1) is 10.6. The summed E-state index contributed by atoms with van der Waals surface area (Å²) in [6, 6.07) is 7.05. The van der Waals surface area contributed by atoms with Gasteiger partial charge in [0.2, 0.25) is 5.82 Å².